The van der Waals surface area contributed by atoms with Crippen LogP contribution in [0.1, 0.15) is 48.5 Å². The Bertz CT molecular complexity index is 572. The van der Waals surface area contributed by atoms with E-state index >= 15 is 0 Å². The smallest absolute Gasteiger partial charge is 0.334 e. The number of nitrogens with zero attached hydrogens (tertiary/aromatic N) is 2. The molecule has 0 bridgehead atoms. The molecule has 3 rings (SSSR count). The van der Waals surface area contributed by atoms with Crippen molar-refractivity contribution in [2.45, 2.75) is 84.0 Å². The van der Waals surface area contributed by atoms with Gasteiger partial charge in [0, 0.05) is 0 Å². The fourth-order valence-corrected chi connectivity index (χ4v) is 3.62. The molecule has 6 unspecified atom stereocenters. The maximum atomic E-state index is 13.0. The van der Waals surface area contributed by atoms with Crippen LogP contribution in [-0.4, -0.2) is 63.1 Å². The zero-order chi connectivity index (χ0) is 18.2. The Morgan fingerprint density at radius 1 is 0.833 bits per heavy atom. The summed E-state index contributed by atoms with van der Waals surface area (Å²) in [4.78, 5) is 40.7. The molecule has 3 aliphatic heterocycles. The van der Waals surface area contributed by atoms with Crippen LogP contribution in [-0.2, 0) is 19.1 Å². The largest absolute Gasteiger partial charge is 0.364 e. The SMILES string of the molecule is CC1C(=O)N(C(C)C2(C)OC2C)C(=O)N(C(C)C2(C)OC2C)C1=O. The highest BCUT2D eigenvalue weighted by atomic mass is 16.6. The van der Waals surface area contributed by atoms with Gasteiger partial charge in [-0.2, -0.15) is 0 Å². The maximum absolute atomic E-state index is 13.0. The van der Waals surface area contributed by atoms with E-state index in [-0.39, 0.29) is 12.2 Å². The fraction of sp³-hybridized carbons (Fsp3) is 0.824. The van der Waals surface area contributed by atoms with Gasteiger partial charge >= 0.3 is 6.03 Å². The van der Waals surface area contributed by atoms with Crippen molar-refractivity contribution < 1.29 is 23.9 Å². The molecule has 0 aliphatic carbocycles. The first-order valence-electron chi connectivity index (χ1n) is 8.52. The third-order valence-electron chi connectivity index (χ3n) is 6.42. The van der Waals surface area contributed by atoms with Gasteiger partial charge in [0.2, 0.25) is 11.8 Å². The number of epoxide rings is 2. The lowest BCUT2D eigenvalue weighted by atomic mass is 9.93. The van der Waals surface area contributed by atoms with E-state index in [0.717, 1.165) is 0 Å². The van der Waals surface area contributed by atoms with E-state index < -0.39 is 47.0 Å². The van der Waals surface area contributed by atoms with Crippen LogP contribution in [0, 0.1) is 5.92 Å². The molecule has 0 radical (unpaired) electrons. The third-order valence-corrected chi connectivity index (χ3v) is 6.42. The predicted molar refractivity (Wildman–Crippen MR) is 85.1 cm³/mol. The summed E-state index contributed by atoms with van der Waals surface area (Å²) in [5, 5.41) is 0. The molecule has 3 aliphatic rings. The number of ether oxygens (including phenoxy) is 2. The van der Waals surface area contributed by atoms with Crippen LogP contribution in [0.3, 0.4) is 0 Å². The van der Waals surface area contributed by atoms with E-state index in [9.17, 15) is 14.4 Å². The van der Waals surface area contributed by atoms with Crippen LogP contribution < -0.4 is 0 Å². The Morgan fingerprint density at radius 3 is 1.38 bits per heavy atom. The summed E-state index contributed by atoms with van der Waals surface area (Å²) in [6.07, 6.45) is -0.0626. The van der Waals surface area contributed by atoms with Crippen LogP contribution in [0.2, 0.25) is 0 Å². The van der Waals surface area contributed by atoms with Gasteiger partial charge in [0.05, 0.1) is 24.3 Å². The first kappa shape index (κ1) is 17.4. The molecule has 24 heavy (non-hydrogen) atoms. The first-order chi connectivity index (χ1) is 11.0. The Hall–Kier alpha value is -1.47. The highest BCUT2D eigenvalue weighted by Crippen LogP contribution is 2.45. The molecule has 0 N–H and O–H groups in total. The Kier molecular flexibility index (Phi) is 3.63. The summed E-state index contributed by atoms with van der Waals surface area (Å²) in [5.41, 5.74) is -1.12. The molecule has 0 aromatic rings. The first-order valence-corrected chi connectivity index (χ1v) is 8.52. The normalized spacial score (nSPS) is 44.6. The molecule has 7 nitrogen and oxygen atoms in total. The van der Waals surface area contributed by atoms with Crippen LogP contribution in [0.5, 0.6) is 0 Å². The molecule has 3 fully saturated rings. The minimum absolute atomic E-state index is 0.0313. The van der Waals surface area contributed by atoms with Crippen molar-refractivity contribution in [2.24, 2.45) is 5.92 Å². The second-order valence-electron chi connectivity index (χ2n) is 7.66. The van der Waals surface area contributed by atoms with E-state index in [0.29, 0.717) is 0 Å². The van der Waals surface area contributed by atoms with Gasteiger partial charge in [-0.15, -0.1) is 0 Å². The van der Waals surface area contributed by atoms with E-state index in [1.165, 1.54) is 9.80 Å². The van der Waals surface area contributed by atoms with Gasteiger partial charge in [-0.25, -0.2) is 4.79 Å². The summed E-state index contributed by atoms with van der Waals surface area (Å²) in [6, 6.07) is -1.46. The number of carbonyl (C=O) groups is 3. The van der Waals surface area contributed by atoms with Crippen LogP contribution in [0.25, 0.3) is 0 Å². The van der Waals surface area contributed by atoms with Gasteiger partial charge in [-0.1, -0.05) is 0 Å². The summed E-state index contributed by atoms with van der Waals surface area (Å²) in [5.74, 6) is -1.80. The molecular weight excluding hydrogens is 312 g/mol. The highest BCUT2D eigenvalue weighted by molar-refractivity contribution is 6.16. The molecule has 4 amide bonds. The third kappa shape index (κ3) is 2.14. The highest BCUT2D eigenvalue weighted by Gasteiger charge is 2.62. The fourth-order valence-electron chi connectivity index (χ4n) is 3.62. The lowest BCUT2D eigenvalue weighted by Crippen LogP contribution is -2.66. The molecule has 3 heterocycles. The van der Waals surface area contributed by atoms with Crippen molar-refractivity contribution in [3.8, 4) is 0 Å². The number of hydrogen-bond donors (Lipinski definition) is 0. The molecule has 7 heteroatoms. The van der Waals surface area contributed by atoms with Crippen molar-refractivity contribution >= 4 is 17.8 Å². The summed E-state index contributed by atoms with van der Waals surface area (Å²) < 4.78 is 11.2. The second-order valence-corrected chi connectivity index (χ2v) is 7.66. The standard InChI is InChI=1S/C17H26N2O5/c1-8-13(20)18(9(2)16(6)11(4)23-16)15(22)19(14(8)21)10(3)17(7)12(5)24-17/h8-12H,1-7H3. The van der Waals surface area contributed by atoms with Gasteiger partial charge in [0.1, 0.15) is 17.1 Å². The Labute approximate surface area is 142 Å². The molecule has 0 aromatic heterocycles. The van der Waals surface area contributed by atoms with E-state index in [2.05, 4.69) is 0 Å². The second kappa shape index (κ2) is 5.02. The van der Waals surface area contributed by atoms with Crippen molar-refractivity contribution in [1.29, 1.82) is 0 Å². The van der Waals surface area contributed by atoms with Crippen molar-refractivity contribution in [1.82, 2.24) is 9.80 Å². The zero-order valence-electron chi connectivity index (χ0n) is 15.3. The van der Waals surface area contributed by atoms with Gasteiger partial charge in [-0.3, -0.25) is 19.4 Å². The van der Waals surface area contributed by atoms with Crippen LogP contribution in [0.4, 0.5) is 4.79 Å². The maximum Gasteiger partial charge on any atom is 0.334 e. The Morgan fingerprint density at radius 2 is 1.12 bits per heavy atom. The quantitative estimate of drug-likeness (QED) is 0.574. The Balaban J connectivity index is 1.92. The summed E-state index contributed by atoms with van der Waals surface area (Å²) >= 11 is 0. The molecule has 3 saturated heterocycles. The van der Waals surface area contributed by atoms with E-state index in [1.54, 1.807) is 20.8 Å². The predicted octanol–water partition coefficient (Wildman–Crippen LogP) is 1.55. The van der Waals surface area contributed by atoms with Gasteiger partial charge in [0.25, 0.3) is 0 Å². The molecule has 0 saturated carbocycles. The number of carbonyl (C=O) groups excluding carboxylic acids is 3. The van der Waals surface area contributed by atoms with Gasteiger partial charge in [-0.05, 0) is 48.5 Å². The topological polar surface area (TPSA) is 82.8 Å². The van der Waals surface area contributed by atoms with E-state index in [4.69, 9.17) is 9.47 Å². The van der Waals surface area contributed by atoms with Crippen LogP contribution in [0.15, 0.2) is 0 Å². The molecule has 6 atom stereocenters. The molecule has 0 aromatic carbocycles. The van der Waals surface area contributed by atoms with Crippen molar-refractivity contribution in [3.63, 3.8) is 0 Å². The van der Waals surface area contributed by atoms with E-state index in [1.807, 2.05) is 27.7 Å². The number of urea groups is 1. The van der Waals surface area contributed by atoms with Gasteiger partial charge in [0.15, 0.2) is 0 Å². The zero-order valence-corrected chi connectivity index (χ0v) is 15.3. The summed E-state index contributed by atoms with van der Waals surface area (Å²) in [6.45, 7) is 12.7. The number of rotatable bonds is 4. The molecule has 134 valence electrons. The monoisotopic (exact) mass is 338 g/mol. The average Bonchev–Trinajstić information content (AvgIpc) is 3.33. The number of barbiturate groups is 1. The summed E-state index contributed by atoms with van der Waals surface area (Å²) in [7, 11) is 0. The minimum atomic E-state index is -0.886. The number of amides is 4. The molecule has 0 spiro atoms. The number of imide groups is 2. The average molecular weight is 338 g/mol. The lowest BCUT2D eigenvalue weighted by molar-refractivity contribution is -0.152. The van der Waals surface area contributed by atoms with Crippen molar-refractivity contribution in [3.05, 3.63) is 0 Å². The molecular formula is C17H26N2O5. The lowest BCUT2D eigenvalue weighted by Gasteiger charge is -2.43. The number of hydrogen-bond acceptors (Lipinski definition) is 5. The minimum Gasteiger partial charge on any atom is -0.364 e. The van der Waals surface area contributed by atoms with Crippen molar-refractivity contribution in [2.75, 3.05) is 0 Å². The van der Waals surface area contributed by atoms with Crippen LogP contribution >= 0.6 is 0 Å². The van der Waals surface area contributed by atoms with Gasteiger partial charge < -0.3 is 9.47 Å².